The van der Waals surface area contributed by atoms with Crippen LogP contribution in [0.4, 0.5) is 8.78 Å². The molecular weight excluding hydrogens is 342 g/mol. The van der Waals surface area contributed by atoms with Gasteiger partial charge in [-0.05, 0) is 99.2 Å². The average molecular weight is 377 g/mol. The van der Waals surface area contributed by atoms with Crippen molar-refractivity contribution in [2.24, 2.45) is 17.8 Å². The summed E-state index contributed by atoms with van der Waals surface area (Å²) in [4.78, 5) is 0. The number of hydrogen-bond donors (Lipinski definition) is 1. The molecule has 2 saturated carbocycles. The Morgan fingerprint density at radius 2 is 1.48 bits per heavy atom. The standard InChI is InChI=1S/C24H34F2O/c1-2-3-4-17-5-7-18(8-6-17)19-9-11-20(12-10-19)21-15-23(25)22(13-14-27)24(26)16-21/h3-4,15-20,27H,2,5-14H2,1H3/b4-3+. The summed E-state index contributed by atoms with van der Waals surface area (Å²) in [5.41, 5.74) is 0.822. The van der Waals surface area contributed by atoms with Gasteiger partial charge in [-0.2, -0.15) is 0 Å². The molecule has 150 valence electrons. The molecular formula is C24H34F2O. The summed E-state index contributed by atoms with van der Waals surface area (Å²) in [7, 11) is 0. The quantitative estimate of drug-likeness (QED) is 0.558. The van der Waals surface area contributed by atoms with Gasteiger partial charge in [-0.3, -0.25) is 0 Å². The van der Waals surface area contributed by atoms with Crippen molar-refractivity contribution in [3.8, 4) is 0 Å². The van der Waals surface area contributed by atoms with E-state index in [2.05, 4.69) is 19.1 Å². The Labute approximate surface area is 162 Å². The highest BCUT2D eigenvalue weighted by molar-refractivity contribution is 5.29. The van der Waals surface area contributed by atoms with Crippen molar-refractivity contribution in [1.29, 1.82) is 0 Å². The van der Waals surface area contributed by atoms with E-state index < -0.39 is 11.6 Å². The highest BCUT2D eigenvalue weighted by Gasteiger charge is 2.31. The van der Waals surface area contributed by atoms with E-state index >= 15 is 0 Å². The minimum atomic E-state index is -0.500. The van der Waals surface area contributed by atoms with Crippen molar-refractivity contribution >= 4 is 0 Å². The third-order valence-corrected chi connectivity index (χ3v) is 6.90. The van der Waals surface area contributed by atoms with E-state index in [1.165, 1.54) is 50.7 Å². The van der Waals surface area contributed by atoms with Crippen LogP contribution in [0.25, 0.3) is 0 Å². The van der Waals surface area contributed by atoms with Crippen LogP contribution in [0, 0.1) is 29.4 Å². The van der Waals surface area contributed by atoms with E-state index in [9.17, 15) is 8.78 Å². The molecule has 1 aromatic carbocycles. The maximum Gasteiger partial charge on any atom is 0.129 e. The van der Waals surface area contributed by atoms with Crippen molar-refractivity contribution in [3.05, 3.63) is 47.0 Å². The fraction of sp³-hybridized carbons (Fsp3) is 0.667. The first-order valence-electron chi connectivity index (χ1n) is 10.9. The van der Waals surface area contributed by atoms with Crippen molar-refractivity contribution in [2.75, 3.05) is 6.61 Å². The molecule has 0 aromatic heterocycles. The second kappa shape index (κ2) is 9.82. The zero-order valence-electron chi connectivity index (χ0n) is 16.6. The zero-order valence-corrected chi connectivity index (χ0v) is 16.6. The molecule has 1 N–H and O–H groups in total. The van der Waals surface area contributed by atoms with Gasteiger partial charge in [0.25, 0.3) is 0 Å². The lowest BCUT2D eigenvalue weighted by Gasteiger charge is -2.37. The van der Waals surface area contributed by atoms with Gasteiger partial charge < -0.3 is 5.11 Å². The Bertz CT molecular complexity index is 600. The topological polar surface area (TPSA) is 20.2 Å². The first-order chi connectivity index (χ1) is 13.1. The molecule has 0 amide bonds. The average Bonchev–Trinajstić information content (AvgIpc) is 2.69. The number of rotatable bonds is 6. The summed E-state index contributed by atoms with van der Waals surface area (Å²) in [6, 6.07) is 3.01. The Hall–Kier alpha value is -1.22. The van der Waals surface area contributed by atoms with Gasteiger partial charge in [-0.1, -0.05) is 19.1 Å². The Morgan fingerprint density at radius 1 is 0.926 bits per heavy atom. The third-order valence-electron chi connectivity index (χ3n) is 6.90. The Balaban J connectivity index is 1.53. The maximum absolute atomic E-state index is 14.2. The highest BCUT2D eigenvalue weighted by Crippen LogP contribution is 2.44. The van der Waals surface area contributed by atoms with Gasteiger partial charge in [-0.25, -0.2) is 8.78 Å². The number of aliphatic hydroxyl groups is 1. The van der Waals surface area contributed by atoms with Gasteiger partial charge in [0.2, 0.25) is 0 Å². The fourth-order valence-corrected chi connectivity index (χ4v) is 5.27. The normalized spacial score (nSPS) is 29.3. The number of allylic oxidation sites excluding steroid dienone is 2. The number of hydrogen-bond acceptors (Lipinski definition) is 1. The first kappa shape index (κ1) is 20.5. The van der Waals surface area contributed by atoms with Gasteiger partial charge in [0.15, 0.2) is 0 Å². The number of halogens is 2. The molecule has 0 spiro atoms. The van der Waals surface area contributed by atoms with Crippen LogP contribution in [-0.4, -0.2) is 11.7 Å². The molecule has 2 aliphatic carbocycles. The molecule has 3 heteroatoms. The van der Waals surface area contributed by atoms with Crippen LogP contribution in [0.15, 0.2) is 24.3 Å². The van der Waals surface area contributed by atoms with Crippen LogP contribution >= 0.6 is 0 Å². The van der Waals surface area contributed by atoms with Crippen LogP contribution < -0.4 is 0 Å². The minimum Gasteiger partial charge on any atom is -0.396 e. The second-order valence-corrected chi connectivity index (χ2v) is 8.56. The SMILES string of the molecule is CC/C=C/C1CCC(C2CCC(c3cc(F)c(CCO)c(F)c3)CC2)CC1. The molecule has 0 saturated heterocycles. The van der Waals surface area contributed by atoms with E-state index in [1.54, 1.807) is 0 Å². The summed E-state index contributed by atoms with van der Waals surface area (Å²) in [6.45, 7) is 1.97. The Morgan fingerprint density at radius 3 is 2.00 bits per heavy atom. The van der Waals surface area contributed by atoms with Gasteiger partial charge >= 0.3 is 0 Å². The van der Waals surface area contributed by atoms with Gasteiger partial charge in [0.05, 0.1) is 0 Å². The molecule has 1 aromatic rings. The van der Waals surface area contributed by atoms with Gasteiger partial charge in [-0.15, -0.1) is 0 Å². The fourth-order valence-electron chi connectivity index (χ4n) is 5.27. The molecule has 0 aliphatic heterocycles. The van der Waals surface area contributed by atoms with Crippen molar-refractivity contribution < 1.29 is 13.9 Å². The van der Waals surface area contributed by atoms with E-state index in [-0.39, 0.29) is 24.5 Å². The summed E-state index contributed by atoms with van der Waals surface area (Å²) in [5.74, 6) is 1.69. The van der Waals surface area contributed by atoms with E-state index in [4.69, 9.17) is 5.11 Å². The highest BCUT2D eigenvalue weighted by atomic mass is 19.1. The van der Waals surface area contributed by atoms with Crippen LogP contribution in [0.2, 0.25) is 0 Å². The smallest absolute Gasteiger partial charge is 0.129 e. The van der Waals surface area contributed by atoms with Crippen LogP contribution in [-0.2, 0) is 6.42 Å². The third kappa shape index (κ3) is 5.19. The number of aliphatic hydroxyl groups excluding tert-OH is 1. The van der Waals surface area contributed by atoms with Crippen molar-refractivity contribution in [2.45, 2.75) is 77.0 Å². The molecule has 0 atom stereocenters. The second-order valence-electron chi connectivity index (χ2n) is 8.56. The van der Waals surface area contributed by atoms with Crippen LogP contribution in [0.5, 0.6) is 0 Å². The summed E-state index contributed by atoms with van der Waals surface area (Å²) < 4.78 is 28.4. The predicted octanol–water partition coefficient (Wildman–Crippen LogP) is 6.55. The molecule has 0 radical (unpaired) electrons. The maximum atomic E-state index is 14.2. The summed E-state index contributed by atoms with van der Waals surface area (Å²) in [6.07, 6.45) is 15.7. The monoisotopic (exact) mass is 376 g/mol. The van der Waals surface area contributed by atoms with Gasteiger partial charge in [0.1, 0.15) is 11.6 Å². The molecule has 0 bridgehead atoms. The van der Waals surface area contributed by atoms with Crippen molar-refractivity contribution in [3.63, 3.8) is 0 Å². The molecule has 2 aliphatic rings. The lowest BCUT2D eigenvalue weighted by molar-refractivity contribution is 0.171. The summed E-state index contributed by atoms with van der Waals surface area (Å²) >= 11 is 0. The van der Waals surface area contributed by atoms with E-state index in [0.717, 1.165) is 42.6 Å². The van der Waals surface area contributed by atoms with E-state index in [0.29, 0.717) is 0 Å². The molecule has 2 fully saturated rings. The Kier molecular flexibility index (Phi) is 7.46. The van der Waals surface area contributed by atoms with Gasteiger partial charge in [0, 0.05) is 18.6 Å². The minimum absolute atomic E-state index is 0.0174. The molecule has 0 heterocycles. The van der Waals surface area contributed by atoms with Crippen LogP contribution in [0.1, 0.15) is 81.8 Å². The zero-order chi connectivity index (χ0) is 19.2. The largest absolute Gasteiger partial charge is 0.396 e. The first-order valence-corrected chi connectivity index (χ1v) is 10.9. The lowest BCUT2D eigenvalue weighted by atomic mass is 9.68. The molecule has 27 heavy (non-hydrogen) atoms. The molecule has 1 nitrogen and oxygen atoms in total. The van der Waals surface area contributed by atoms with E-state index in [1.807, 2.05) is 0 Å². The molecule has 0 unspecified atom stereocenters. The van der Waals surface area contributed by atoms with Crippen molar-refractivity contribution in [1.82, 2.24) is 0 Å². The predicted molar refractivity (Wildman–Crippen MR) is 107 cm³/mol. The van der Waals surface area contributed by atoms with Crippen LogP contribution in [0.3, 0.4) is 0 Å². The lowest BCUT2D eigenvalue weighted by Crippen LogP contribution is -2.25. The summed E-state index contributed by atoms with van der Waals surface area (Å²) in [5, 5.41) is 8.96. The molecule has 3 rings (SSSR count). The number of benzene rings is 1.